The van der Waals surface area contributed by atoms with E-state index in [4.69, 9.17) is 0 Å². The van der Waals surface area contributed by atoms with Crippen LogP contribution in [0.15, 0.2) is 0 Å². The van der Waals surface area contributed by atoms with Gasteiger partial charge in [-0.15, -0.1) is 0 Å². The van der Waals surface area contributed by atoms with E-state index < -0.39 is 69.0 Å². The molecule has 0 bridgehead atoms. The largest absolute Gasteiger partial charge is 0.347 e. The molecule has 2 atom stereocenters. The molecule has 12 nitrogen and oxygen atoms in total. The lowest BCUT2D eigenvalue weighted by molar-refractivity contribution is -0.142. The molecule has 5 amide bonds. The number of hydrogen-bond donors (Lipinski definition) is 4. The highest BCUT2D eigenvalue weighted by molar-refractivity contribution is 7.90. The average molecular weight is 570 g/mol. The zero-order valence-corrected chi connectivity index (χ0v) is 24.2. The summed E-state index contributed by atoms with van der Waals surface area (Å²) in [6.07, 6.45) is 7.42. The second-order valence-electron chi connectivity index (χ2n) is 12.4. The highest BCUT2D eigenvalue weighted by Crippen LogP contribution is 2.30. The van der Waals surface area contributed by atoms with Crippen molar-refractivity contribution in [3.8, 4) is 0 Å². The Bertz CT molecular complexity index is 1070. The van der Waals surface area contributed by atoms with Crippen molar-refractivity contribution in [1.29, 1.82) is 0 Å². The molecule has 0 aromatic rings. The Morgan fingerprint density at radius 3 is 2.18 bits per heavy atom. The van der Waals surface area contributed by atoms with Crippen molar-refractivity contribution in [3.63, 3.8) is 0 Å². The number of hydrogen-bond acceptors (Lipinski definition) is 7. The fourth-order valence-electron chi connectivity index (χ4n) is 5.42. The highest BCUT2D eigenvalue weighted by atomic mass is 32.2. The molecular formula is C26H43N5O7S. The SMILES string of the molecule is CC(C)(C)[C@H](NC(=O)NC1(CS(C)(=O)=O)CCCCC1)C(=O)N1CCC[C@H]1C(=O)NCC(=O)C(=O)NC1CC1. The van der Waals surface area contributed by atoms with E-state index in [9.17, 15) is 32.4 Å². The standard InChI is InChI=1S/C26H43N5O7S/c1-25(2,3)20(29-24(36)30-26(16-39(4,37)38)12-6-5-7-13-26)23(35)31-14-8-9-18(31)21(33)27-15-19(32)22(34)28-17-10-11-17/h17-18,20H,5-16H2,1-4H3,(H,27,33)(H,28,34)(H2,29,30,36)/t18-,20+/m0/s1. The molecular weight excluding hydrogens is 526 g/mol. The number of nitrogens with zero attached hydrogens (tertiary/aromatic N) is 1. The van der Waals surface area contributed by atoms with Crippen LogP contribution in [-0.2, 0) is 29.0 Å². The number of rotatable bonds is 10. The third-order valence-corrected chi connectivity index (χ3v) is 8.62. The summed E-state index contributed by atoms with van der Waals surface area (Å²) < 4.78 is 24.2. The molecule has 2 saturated carbocycles. The van der Waals surface area contributed by atoms with Gasteiger partial charge in [-0.2, -0.15) is 0 Å². The van der Waals surface area contributed by atoms with Crippen molar-refractivity contribution in [2.75, 3.05) is 25.1 Å². The number of carbonyl (C=O) groups excluding carboxylic acids is 5. The van der Waals surface area contributed by atoms with Gasteiger partial charge in [-0.25, -0.2) is 13.2 Å². The Hall–Kier alpha value is -2.70. The maximum atomic E-state index is 13.7. The summed E-state index contributed by atoms with van der Waals surface area (Å²) in [6, 6.07) is -2.42. The van der Waals surface area contributed by atoms with Crippen LogP contribution in [0.2, 0.25) is 0 Å². The first kappa shape index (κ1) is 30.8. The van der Waals surface area contributed by atoms with Crippen molar-refractivity contribution in [2.24, 2.45) is 5.41 Å². The molecule has 0 aromatic carbocycles. The third-order valence-electron chi connectivity index (χ3n) is 7.54. The van der Waals surface area contributed by atoms with E-state index in [1.165, 1.54) is 4.90 Å². The molecule has 0 aromatic heterocycles. The van der Waals surface area contributed by atoms with Gasteiger partial charge in [-0.3, -0.25) is 19.2 Å². The lowest BCUT2D eigenvalue weighted by Crippen LogP contribution is -2.63. The molecule has 3 rings (SSSR count). The van der Waals surface area contributed by atoms with Gasteiger partial charge >= 0.3 is 6.03 Å². The molecule has 0 spiro atoms. The van der Waals surface area contributed by atoms with Crippen LogP contribution in [0.1, 0.15) is 78.6 Å². The second-order valence-corrected chi connectivity index (χ2v) is 14.5. The van der Waals surface area contributed by atoms with Crippen LogP contribution in [0, 0.1) is 5.41 Å². The Balaban J connectivity index is 1.65. The van der Waals surface area contributed by atoms with Gasteiger partial charge in [0.2, 0.25) is 17.6 Å². The second kappa shape index (κ2) is 12.2. The molecule has 3 fully saturated rings. The van der Waals surface area contributed by atoms with Gasteiger partial charge in [0.1, 0.15) is 21.9 Å². The third kappa shape index (κ3) is 8.91. The molecule has 1 heterocycles. The summed E-state index contributed by atoms with van der Waals surface area (Å²) in [4.78, 5) is 65.2. The Labute approximate surface area is 230 Å². The Morgan fingerprint density at radius 1 is 0.974 bits per heavy atom. The molecule has 1 saturated heterocycles. The number of amides is 5. The van der Waals surface area contributed by atoms with Crippen molar-refractivity contribution in [3.05, 3.63) is 0 Å². The summed E-state index contributed by atoms with van der Waals surface area (Å²) in [5, 5.41) is 10.7. The molecule has 220 valence electrons. The van der Waals surface area contributed by atoms with E-state index in [1.54, 1.807) is 20.8 Å². The number of ketones is 1. The minimum atomic E-state index is -3.36. The summed E-state index contributed by atoms with van der Waals surface area (Å²) in [5.74, 6) is -2.61. The number of Topliss-reactive ketones (excluding diaryl/α,β-unsaturated/α-hetero) is 1. The van der Waals surface area contributed by atoms with E-state index in [1.807, 2.05) is 0 Å². The monoisotopic (exact) mass is 569 g/mol. The van der Waals surface area contributed by atoms with Crippen LogP contribution < -0.4 is 21.3 Å². The first-order valence-electron chi connectivity index (χ1n) is 13.8. The Kier molecular flexibility index (Phi) is 9.66. The molecule has 0 radical (unpaired) electrons. The van der Waals surface area contributed by atoms with E-state index >= 15 is 0 Å². The molecule has 2 aliphatic carbocycles. The smallest absolute Gasteiger partial charge is 0.315 e. The molecule has 0 unspecified atom stereocenters. The summed E-state index contributed by atoms with van der Waals surface area (Å²) in [6.45, 7) is 5.24. The van der Waals surface area contributed by atoms with Crippen LogP contribution in [0.3, 0.4) is 0 Å². The Morgan fingerprint density at radius 2 is 1.62 bits per heavy atom. The lowest BCUT2D eigenvalue weighted by atomic mass is 9.83. The minimum absolute atomic E-state index is 0.0264. The number of carbonyl (C=O) groups is 5. The van der Waals surface area contributed by atoms with Crippen LogP contribution in [0.5, 0.6) is 0 Å². The molecule has 39 heavy (non-hydrogen) atoms. The van der Waals surface area contributed by atoms with E-state index in [2.05, 4.69) is 21.3 Å². The lowest BCUT2D eigenvalue weighted by Gasteiger charge is -2.39. The van der Waals surface area contributed by atoms with Gasteiger partial charge in [0.25, 0.3) is 5.91 Å². The summed E-state index contributed by atoms with van der Waals surface area (Å²) in [7, 11) is -3.36. The van der Waals surface area contributed by atoms with Gasteiger partial charge < -0.3 is 26.2 Å². The van der Waals surface area contributed by atoms with E-state index in [0.29, 0.717) is 32.2 Å². The van der Waals surface area contributed by atoms with Gasteiger partial charge in [0.15, 0.2) is 0 Å². The summed E-state index contributed by atoms with van der Waals surface area (Å²) in [5.41, 5.74) is -1.61. The number of nitrogens with one attached hydrogen (secondary N) is 4. The molecule has 13 heteroatoms. The molecule has 4 N–H and O–H groups in total. The zero-order valence-electron chi connectivity index (χ0n) is 23.4. The zero-order chi connectivity index (χ0) is 29.0. The fourth-order valence-corrected chi connectivity index (χ4v) is 6.79. The quantitative estimate of drug-likeness (QED) is 0.276. The van der Waals surface area contributed by atoms with Gasteiger partial charge in [-0.05, 0) is 43.9 Å². The number of sulfone groups is 1. The van der Waals surface area contributed by atoms with Gasteiger partial charge in [0.05, 0.1) is 17.8 Å². The minimum Gasteiger partial charge on any atom is -0.347 e. The molecule has 3 aliphatic rings. The first-order valence-corrected chi connectivity index (χ1v) is 15.8. The maximum absolute atomic E-state index is 13.7. The van der Waals surface area contributed by atoms with Crippen LogP contribution in [0.25, 0.3) is 0 Å². The van der Waals surface area contributed by atoms with Crippen molar-refractivity contribution < 1.29 is 32.4 Å². The average Bonchev–Trinajstić information content (AvgIpc) is 3.49. The maximum Gasteiger partial charge on any atom is 0.315 e. The van der Waals surface area contributed by atoms with Crippen molar-refractivity contribution >= 4 is 39.4 Å². The predicted molar refractivity (Wildman–Crippen MR) is 144 cm³/mol. The fraction of sp³-hybridized carbons (Fsp3) is 0.808. The highest BCUT2D eigenvalue weighted by Gasteiger charge is 2.43. The predicted octanol–water partition coefficient (Wildman–Crippen LogP) is 0.403. The summed E-state index contributed by atoms with van der Waals surface area (Å²) >= 11 is 0. The number of urea groups is 1. The first-order chi connectivity index (χ1) is 18.1. The molecule has 1 aliphatic heterocycles. The number of likely N-dealkylation sites (tertiary alicyclic amines) is 1. The topological polar surface area (TPSA) is 171 Å². The van der Waals surface area contributed by atoms with Crippen molar-refractivity contribution in [1.82, 2.24) is 26.2 Å². The van der Waals surface area contributed by atoms with Gasteiger partial charge in [0, 0.05) is 18.8 Å². The van der Waals surface area contributed by atoms with E-state index in [-0.39, 0.29) is 11.8 Å². The van der Waals surface area contributed by atoms with Crippen LogP contribution >= 0.6 is 0 Å². The van der Waals surface area contributed by atoms with Crippen LogP contribution in [-0.4, -0.2) is 91.6 Å². The van der Waals surface area contributed by atoms with Crippen LogP contribution in [0.4, 0.5) is 4.79 Å². The van der Waals surface area contributed by atoms with Crippen molar-refractivity contribution in [2.45, 2.75) is 102 Å². The van der Waals surface area contributed by atoms with E-state index in [0.717, 1.165) is 38.4 Å². The normalized spacial score (nSPS) is 21.9. The van der Waals surface area contributed by atoms with Gasteiger partial charge in [-0.1, -0.05) is 40.0 Å².